The van der Waals surface area contributed by atoms with E-state index in [0.29, 0.717) is 16.4 Å². The highest BCUT2D eigenvalue weighted by atomic mass is 35.5. The number of anilines is 2. The number of aromatic nitrogens is 1. The maximum atomic E-state index is 11.8. The van der Waals surface area contributed by atoms with Gasteiger partial charge in [0.1, 0.15) is 0 Å². The van der Waals surface area contributed by atoms with Gasteiger partial charge < -0.3 is 11.1 Å². The van der Waals surface area contributed by atoms with E-state index in [1.165, 1.54) is 6.20 Å². The lowest BCUT2D eigenvalue weighted by atomic mass is 10.1. The zero-order valence-electron chi connectivity index (χ0n) is 9.56. The molecule has 0 aliphatic rings. The van der Waals surface area contributed by atoms with Crippen LogP contribution in [0.15, 0.2) is 42.7 Å². The number of amides is 1. The number of nitrogens with one attached hydrogen (secondary N) is 1. The summed E-state index contributed by atoms with van der Waals surface area (Å²) in [6.07, 6.45) is 3.35. The zero-order valence-corrected chi connectivity index (χ0v) is 10.3. The molecule has 0 unspecified atom stereocenters. The first-order chi connectivity index (χ1) is 8.65. The number of rotatable bonds is 3. The second-order valence-corrected chi connectivity index (χ2v) is 4.25. The first kappa shape index (κ1) is 12.4. The molecule has 18 heavy (non-hydrogen) atoms. The van der Waals surface area contributed by atoms with Gasteiger partial charge in [-0.25, -0.2) is 0 Å². The Labute approximate surface area is 110 Å². The molecule has 1 heterocycles. The number of nitrogens with zero attached hydrogens (tertiary/aromatic N) is 1. The molecule has 2 aromatic rings. The second-order valence-electron chi connectivity index (χ2n) is 3.81. The molecule has 0 aliphatic heterocycles. The molecule has 0 saturated carbocycles. The number of hydrogen-bond acceptors (Lipinski definition) is 3. The van der Waals surface area contributed by atoms with Crippen LogP contribution >= 0.6 is 11.6 Å². The van der Waals surface area contributed by atoms with Gasteiger partial charge in [0.15, 0.2) is 0 Å². The third-order valence-electron chi connectivity index (χ3n) is 2.40. The molecule has 0 atom stereocenters. The summed E-state index contributed by atoms with van der Waals surface area (Å²) in [5.41, 5.74) is 7.60. The van der Waals surface area contributed by atoms with Crippen molar-refractivity contribution in [3.05, 3.63) is 53.3 Å². The summed E-state index contributed by atoms with van der Waals surface area (Å²) < 4.78 is 0. The van der Waals surface area contributed by atoms with Crippen molar-refractivity contribution in [1.82, 2.24) is 4.98 Å². The Morgan fingerprint density at radius 3 is 2.67 bits per heavy atom. The molecule has 0 bridgehead atoms. The van der Waals surface area contributed by atoms with Crippen LogP contribution in [0.3, 0.4) is 0 Å². The number of nitrogens with two attached hydrogens (primary N) is 1. The Balaban J connectivity index is 2.01. The lowest BCUT2D eigenvalue weighted by molar-refractivity contribution is -0.115. The molecule has 92 valence electrons. The van der Waals surface area contributed by atoms with Crippen molar-refractivity contribution in [1.29, 1.82) is 0 Å². The van der Waals surface area contributed by atoms with E-state index in [9.17, 15) is 4.79 Å². The monoisotopic (exact) mass is 261 g/mol. The molecule has 4 nitrogen and oxygen atoms in total. The van der Waals surface area contributed by atoms with Crippen molar-refractivity contribution in [3.8, 4) is 0 Å². The quantitative estimate of drug-likeness (QED) is 0.892. The maximum absolute atomic E-state index is 11.8. The SMILES string of the molecule is Nc1cnccc1NC(=O)Cc1ccc(Cl)cc1. The van der Waals surface area contributed by atoms with Crippen LogP contribution in [0.4, 0.5) is 11.4 Å². The van der Waals surface area contributed by atoms with Crippen molar-refractivity contribution < 1.29 is 4.79 Å². The summed E-state index contributed by atoms with van der Waals surface area (Å²) in [5.74, 6) is -0.129. The fraction of sp³-hybridized carbons (Fsp3) is 0.0769. The minimum Gasteiger partial charge on any atom is -0.396 e. The Morgan fingerprint density at radius 2 is 2.00 bits per heavy atom. The van der Waals surface area contributed by atoms with Crippen LogP contribution in [0.25, 0.3) is 0 Å². The predicted octanol–water partition coefficient (Wildman–Crippen LogP) is 2.50. The van der Waals surface area contributed by atoms with Crippen LogP contribution in [-0.4, -0.2) is 10.9 Å². The predicted molar refractivity (Wildman–Crippen MR) is 72.4 cm³/mol. The lowest BCUT2D eigenvalue weighted by Crippen LogP contribution is -2.15. The Morgan fingerprint density at radius 1 is 1.28 bits per heavy atom. The van der Waals surface area contributed by atoms with Crippen LogP contribution < -0.4 is 11.1 Å². The van der Waals surface area contributed by atoms with Crippen molar-refractivity contribution in [2.24, 2.45) is 0 Å². The van der Waals surface area contributed by atoms with Gasteiger partial charge in [0.2, 0.25) is 5.91 Å². The molecular formula is C13H12ClN3O. The van der Waals surface area contributed by atoms with E-state index in [1.807, 2.05) is 12.1 Å². The first-order valence-electron chi connectivity index (χ1n) is 5.39. The summed E-state index contributed by atoms with van der Waals surface area (Å²) in [6, 6.07) is 8.81. The molecule has 2 rings (SSSR count). The largest absolute Gasteiger partial charge is 0.396 e. The third-order valence-corrected chi connectivity index (χ3v) is 2.66. The molecule has 0 saturated heterocycles. The van der Waals surface area contributed by atoms with E-state index in [0.717, 1.165) is 5.56 Å². The van der Waals surface area contributed by atoms with E-state index < -0.39 is 0 Å². The number of halogens is 1. The number of pyridine rings is 1. The highest BCUT2D eigenvalue weighted by Gasteiger charge is 2.06. The fourth-order valence-electron chi connectivity index (χ4n) is 1.50. The van der Waals surface area contributed by atoms with Crippen LogP contribution in [-0.2, 0) is 11.2 Å². The van der Waals surface area contributed by atoms with Gasteiger partial charge in [-0.1, -0.05) is 23.7 Å². The standard InChI is InChI=1S/C13H12ClN3O/c14-10-3-1-9(2-4-10)7-13(18)17-12-5-6-16-8-11(12)15/h1-6,8H,7,15H2,(H,16,17,18). The molecule has 0 radical (unpaired) electrons. The molecule has 1 aromatic carbocycles. The van der Waals surface area contributed by atoms with Crippen molar-refractivity contribution >= 4 is 28.9 Å². The minimum atomic E-state index is -0.129. The highest BCUT2D eigenvalue weighted by Crippen LogP contribution is 2.16. The first-order valence-corrected chi connectivity index (χ1v) is 5.77. The highest BCUT2D eigenvalue weighted by molar-refractivity contribution is 6.30. The summed E-state index contributed by atoms with van der Waals surface area (Å²) in [7, 11) is 0. The van der Waals surface area contributed by atoms with Gasteiger partial charge in [-0.3, -0.25) is 9.78 Å². The number of benzene rings is 1. The number of carbonyl (C=O) groups is 1. The van der Waals surface area contributed by atoms with E-state index in [2.05, 4.69) is 10.3 Å². The van der Waals surface area contributed by atoms with E-state index in [1.54, 1.807) is 24.4 Å². The molecule has 0 fully saturated rings. The molecular weight excluding hydrogens is 250 g/mol. The van der Waals surface area contributed by atoms with Gasteiger partial charge >= 0.3 is 0 Å². The summed E-state index contributed by atoms with van der Waals surface area (Å²) >= 11 is 5.77. The van der Waals surface area contributed by atoms with Crippen LogP contribution in [0.2, 0.25) is 5.02 Å². The number of nitrogen functional groups attached to an aromatic ring is 1. The number of carbonyl (C=O) groups excluding carboxylic acids is 1. The fourth-order valence-corrected chi connectivity index (χ4v) is 1.63. The topological polar surface area (TPSA) is 68.0 Å². The van der Waals surface area contributed by atoms with E-state index >= 15 is 0 Å². The maximum Gasteiger partial charge on any atom is 0.228 e. The van der Waals surface area contributed by atoms with Crippen LogP contribution in [0.5, 0.6) is 0 Å². The molecule has 3 N–H and O–H groups in total. The molecule has 0 spiro atoms. The Bertz CT molecular complexity index is 554. The summed E-state index contributed by atoms with van der Waals surface area (Å²) in [6.45, 7) is 0. The smallest absolute Gasteiger partial charge is 0.228 e. The van der Waals surface area contributed by atoms with Gasteiger partial charge in [0, 0.05) is 11.2 Å². The Hall–Kier alpha value is -2.07. The van der Waals surface area contributed by atoms with Gasteiger partial charge in [0.05, 0.1) is 24.0 Å². The lowest BCUT2D eigenvalue weighted by Gasteiger charge is -2.07. The molecule has 0 aliphatic carbocycles. The normalized spacial score (nSPS) is 10.1. The average Bonchev–Trinajstić information content (AvgIpc) is 2.35. The van der Waals surface area contributed by atoms with Crippen molar-refractivity contribution in [3.63, 3.8) is 0 Å². The van der Waals surface area contributed by atoms with Gasteiger partial charge in [-0.05, 0) is 23.8 Å². The van der Waals surface area contributed by atoms with Crippen LogP contribution in [0.1, 0.15) is 5.56 Å². The molecule has 5 heteroatoms. The summed E-state index contributed by atoms with van der Waals surface area (Å²) in [4.78, 5) is 15.7. The van der Waals surface area contributed by atoms with Gasteiger partial charge in [0.25, 0.3) is 0 Å². The average molecular weight is 262 g/mol. The number of hydrogen-bond donors (Lipinski definition) is 2. The molecule has 1 amide bonds. The van der Waals surface area contributed by atoms with E-state index in [4.69, 9.17) is 17.3 Å². The summed E-state index contributed by atoms with van der Waals surface area (Å²) in [5, 5.41) is 3.39. The Kier molecular flexibility index (Phi) is 3.79. The second kappa shape index (κ2) is 5.51. The van der Waals surface area contributed by atoms with Crippen molar-refractivity contribution in [2.75, 3.05) is 11.1 Å². The van der Waals surface area contributed by atoms with Gasteiger partial charge in [-0.15, -0.1) is 0 Å². The minimum absolute atomic E-state index is 0.129. The van der Waals surface area contributed by atoms with Crippen molar-refractivity contribution in [2.45, 2.75) is 6.42 Å². The van der Waals surface area contributed by atoms with Crippen LogP contribution in [0, 0.1) is 0 Å². The van der Waals surface area contributed by atoms with E-state index in [-0.39, 0.29) is 12.3 Å². The van der Waals surface area contributed by atoms with Gasteiger partial charge in [-0.2, -0.15) is 0 Å². The molecule has 1 aromatic heterocycles. The zero-order chi connectivity index (χ0) is 13.0. The third kappa shape index (κ3) is 3.21.